The summed E-state index contributed by atoms with van der Waals surface area (Å²) in [5.41, 5.74) is 3.81. The fourth-order valence-electron chi connectivity index (χ4n) is 4.36. The second-order valence-corrected chi connectivity index (χ2v) is 8.00. The highest BCUT2D eigenvalue weighted by Gasteiger charge is 2.25. The van der Waals surface area contributed by atoms with Crippen LogP contribution in [0.5, 0.6) is 0 Å². The van der Waals surface area contributed by atoms with Crippen molar-refractivity contribution in [1.29, 1.82) is 0 Å². The van der Waals surface area contributed by atoms with Gasteiger partial charge in [-0.3, -0.25) is 14.8 Å². The molecule has 1 aromatic carbocycles. The van der Waals surface area contributed by atoms with E-state index in [1.165, 1.54) is 29.7 Å². The van der Waals surface area contributed by atoms with Gasteiger partial charge in [0.25, 0.3) is 0 Å². The first-order valence-electron chi connectivity index (χ1n) is 10.7. The van der Waals surface area contributed by atoms with E-state index in [1.807, 2.05) is 18.6 Å². The van der Waals surface area contributed by atoms with E-state index in [2.05, 4.69) is 80.8 Å². The third-order valence-electron chi connectivity index (χ3n) is 5.90. The number of hydrogen-bond acceptors (Lipinski definition) is 4. The lowest BCUT2D eigenvalue weighted by atomic mass is 10.0. The molecular formula is C24H31N5. The lowest BCUT2D eigenvalue weighted by Gasteiger charge is -2.39. The SMILES string of the molecule is CCN(Cc1ccncc1)C1CCCN(Cc2nccn2-c2cccc(C)c2)C1. The van der Waals surface area contributed by atoms with Crippen LogP contribution in [0.4, 0.5) is 0 Å². The Hall–Kier alpha value is -2.50. The molecule has 4 rings (SSSR count). The minimum absolute atomic E-state index is 0.587. The molecule has 0 amide bonds. The van der Waals surface area contributed by atoms with Crippen LogP contribution in [0.15, 0.2) is 61.2 Å². The van der Waals surface area contributed by atoms with Crippen LogP contribution in [-0.2, 0) is 13.1 Å². The molecule has 1 atom stereocenters. The van der Waals surface area contributed by atoms with Crippen molar-refractivity contribution in [3.8, 4) is 5.69 Å². The predicted octanol–water partition coefficient (Wildman–Crippen LogP) is 4.06. The molecule has 29 heavy (non-hydrogen) atoms. The monoisotopic (exact) mass is 389 g/mol. The molecule has 5 nitrogen and oxygen atoms in total. The molecule has 1 aliphatic rings. The van der Waals surface area contributed by atoms with Crippen molar-refractivity contribution in [2.45, 2.75) is 45.8 Å². The van der Waals surface area contributed by atoms with Crippen LogP contribution in [-0.4, -0.2) is 50.0 Å². The molecule has 152 valence electrons. The van der Waals surface area contributed by atoms with Crippen LogP contribution < -0.4 is 0 Å². The molecule has 0 radical (unpaired) electrons. The van der Waals surface area contributed by atoms with E-state index in [0.29, 0.717) is 6.04 Å². The molecule has 1 fully saturated rings. The summed E-state index contributed by atoms with van der Waals surface area (Å²) in [6, 6.07) is 13.5. The normalized spacial score (nSPS) is 17.7. The number of likely N-dealkylation sites (N-methyl/N-ethyl adjacent to an activating group) is 1. The average molecular weight is 390 g/mol. The van der Waals surface area contributed by atoms with Crippen molar-refractivity contribution < 1.29 is 0 Å². The third kappa shape index (κ3) is 4.92. The number of nitrogens with zero attached hydrogens (tertiary/aromatic N) is 5. The van der Waals surface area contributed by atoms with Crippen molar-refractivity contribution in [2.75, 3.05) is 19.6 Å². The molecule has 1 aliphatic heterocycles. The van der Waals surface area contributed by atoms with Crippen LogP contribution in [0.3, 0.4) is 0 Å². The fourth-order valence-corrected chi connectivity index (χ4v) is 4.36. The largest absolute Gasteiger partial charge is 0.303 e. The lowest BCUT2D eigenvalue weighted by molar-refractivity contribution is 0.0900. The molecule has 1 saturated heterocycles. The van der Waals surface area contributed by atoms with Gasteiger partial charge in [-0.15, -0.1) is 0 Å². The van der Waals surface area contributed by atoms with E-state index in [-0.39, 0.29) is 0 Å². The summed E-state index contributed by atoms with van der Waals surface area (Å²) >= 11 is 0. The molecular weight excluding hydrogens is 358 g/mol. The van der Waals surface area contributed by atoms with Gasteiger partial charge in [0.1, 0.15) is 5.82 Å². The second-order valence-electron chi connectivity index (χ2n) is 8.00. The first-order valence-corrected chi connectivity index (χ1v) is 10.7. The summed E-state index contributed by atoms with van der Waals surface area (Å²) in [7, 11) is 0. The number of rotatable bonds is 7. The predicted molar refractivity (Wildman–Crippen MR) is 117 cm³/mol. The zero-order valence-corrected chi connectivity index (χ0v) is 17.5. The zero-order valence-electron chi connectivity index (χ0n) is 17.5. The third-order valence-corrected chi connectivity index (χ3v) is 5.90. The number of benzene rings is 1. The first-order chi connectivity index (χ1) is 14.2. The smallest absolute Gasteiger partial charge is 0.127 e. The van der Waals surface area contributed by atoms with Gasteiger partial charge in [-0.25, -0.2) is 4.98 Å². The first kappa shape index (κ1) is 19.8. The molecule has 0 spiro atoms. The maximum absolute atomic E-state index is 4.67. The standard InChI is InChI=1S/C24H31N5/c1-3-28(17-21-9-11-25-12-10-21)23-8-5-14-27(18-23)19-24-26-13-15-29(24)22-7-4-6-20(2)16-22/h4,6-7,9-13,15-16,23H,3,5,8,14,17-19H2,1-2H3. The molecule has 0 bridgehead atoms. The number of piperidine rings is 1. The molecule has 0 N–H and O–H groups in total. The van der Waals surface area contributed by atoms with Gasteiger partial charge in [0.05, 0.1) is 6.54 Å². The topological polar surface area (TPSA) is 37.2 Å². The Bertz CT molecular complexity index is 904. The molecule has 5 heteroatoms. The Labute approximate surface area is 174 Å². The number of pyridine rings is 1. The van der Waals surface area contributed by atoms with E-state index < -0.39 is 0 Å². The van der Waals surface area contributed by atoms with Crippen molar-refractivity contribution in [1.82, 2.24) is 24.3 Å². The molecule has 0 saturated carbocycles. The molecule has 2 aromatic heterocycles. The van der Waals surface area contributed by atoms with E-state index in [4.69, 9.17) is 0 Å². The lowest BCUT2D eigenvalue weighted by Crippen LogP contribution is -2.47. The minimum Gasteiger partial charge on any atom is -0.303 e. The Morgan fingerprint density at radius 3 is 2.79 bits per heavy atom. The summed E-state index contributed by atoms with van der Waals surface area (Å²) in [6.07, 6.45) is 10.3. The van der Waals surface area contributed by atoms with Gasteiger partial charge in [-0.1, -0.05) is 19.1 Å². The van der Waals surface area contributed by atoms with E-state index in [9.17, 15) is 0 Å². The Morgan fingerprint density at radius 1 is 1.14 bits per heavy atom. The zero-order chi connectivity index (χ0) is 20.1. The van der Waals surface area contributed by atoms with Gasteiger partial charge in [0.15, 0.2) is 0 Å². The average Bonchev–Trinajstić information content (AvgIpc) is 3.21. The van der Waals surface area contributed by atoms with Gasteiger partial charge in [0, 0.05) is 49.6 Å². The van der Waals surface area contributed by atoms with Crippen molar-refractivity contribution in [3.05, 3.63) is 78.1 Å². The Balaban J connectivity index is 1.43. The maximum Gasteiger partial charge on any atom is 0.127 e. The van der Waals surface area contributed by atoms with E-state index in [1.54, 1.807) is 0 Å². The summed E-state index contributed by atoms with van der Waals surface area (Å²) in [5, 5.41) is 0. The summed E-state index contributed by atoms with van der Waals surface area (Å²) < 4.78 is 2.23. The Kier molecular flexibility index (Phi) is 6.37. The molecule has 0 aliphatic carbocycles. The van der Waals surface area contributed by atoms with Crippen molar-refractivity contribution in [2.24, 2.45) is 0 Å². The summed E-state index contributed by atoms with van der Waals surface area (Å²) in [6.45, 7) is 9.60. The van der Waals surface area contributed by atoms with Crippen LogP contribution in [0.1, 0.15) is 36.7 Å². The van der Waals surface area contributed by atoms with Crippen LogP contribution in [0.25, 0.3) is 5.69 Å². The number of aromatic nitrogens is 3. The van der Waals surface area contributed by atoms with Gasteiger partial charge in [-0.2, -0.15) is 0 Å². The highest BCUT2D eigenvalue weighted by atomic mass is 15.2. The van der Waals surface area contributed by atoms with E-state index >= 15 is 0 Å². The van der Waals surface area contributed by atoms with E-state index in [0.717, 1.165) is 38.5 Å². The maximum atomic E-state index is 4.67. The number of aryl methyl sites for hydroxylation is 1. The number of imidazole rings is 1. The quantitative estimate of drug-likeness (QED) is 0.611. The summed E-state index contributed by atoms with van der Waals surface area (Å²) in [5.74, 6) is 1.12. The van der Waals surface area contributed by atoms with Gasteiger partial charge in [0.2, 0.25) is 0 Å². The van der Waals surface area contributed by atoms with Crippen LogP contribution in [0, 0.1) is 6.92 Å². The van der Waals surface area contributed by atoms with Gasteiger partial charge in [-0.05, 0) is 68.2 Å². The fraction of sp³-hybridized carbons (Fsp3) is 0.417. The number of likely N-dealkylation sites (tertiary alicyclic amines) is 1. The highest BCUT2D eigenvalue weighted by molar-refractivity contribution is 5.36. The summed E-state index contributed by atoms with van der Waals surface area (Å²) in [4.78, 5) is 14.0. The van der Waals surface area contributed by atoms with Crippen LogP contribution >= 0.6 is 0 Å². The van der Waals surface area contributed by atoms with Crippen molar-refractivity contribution in [3.63, 3.8) is 0 Å². The molecule has 3 aromatic rings. The van der Waals surface area contributed by atoms with Crippen LogP contribution in [0.2, 0.25) is 0 Å². The molecule has 3 heterocycles. The molecule has 1 unspecified atom stereocenters. The van der Waals surface area contributed by atoms with Crippen molar-refractivity contribution >= 4 is 0 Å². The minimum atomic E-state index is 0.587. The second kappa shape index (κ2) is 9.33. The number of hydrogen-bond donors (Lipinski definition) is 0. The Morgan fingerprint density at radius 2 is 2.00 bits per heavy atom. The van der Waals surface area contributed by atoms with Gasteiger partial charge < -0.3 is 4.57 Å². The van der Waals surface area contributed by atoms with Gasteiger partial charge >= 0.3 is 0 Å². The highest BCUT2D eigenvalue weighted by Crippen LogP contribution is 2.21.